The molecule has 0 bridgehead atoms. The lowest BCUT2D eigenvalue weighted by Gasteiger charge is -2.27. The molecule has 0 radical (unpaired) electrons. The minimum atomic E-state index is -0.0544. The molecule has 0 aliphatic carbocycles. The van der Waals surface area contributed by atoms with E-state index in [-0.39, 0.29) is 11.8 Å². The molecule has 3 rings (SSSR count). The van der Waals surface area contributed by atoms with Gasteiger partial charge in [-0.25, -0.2) is 0 Å². The van der Waals surface area contributed by atoms with E-state index in [2.05, 4.69) is 0 Å². The minimum Gasteiger partial charge on any atom is -0.343 e. The Kier molecular flexibility index (Phi) is 7.45. The van der Waals surface area contributed by atoms with E-state index in [1.807, 2.05) is 54.3 Å². The van der Waals surface area contributed by atoms with E-state index in [0.717, 1.165) is 37.1 Å². The average molecular weight is 415 g/mol. The number of thiocarbonyl (C=S) groups is 1. The molecule has 2 aliphatic rings. The van der Waals surface area contributed by atoms with Crippen molar-refractivity contribution in [3.63, 3.8) is 0 Å². The van der Waals surface area contributed by atoms with E-state index in [1.165, 1.54) is 18.2 Å². The van der Waals surface area contributed by atoms with Crippen LogP contribution in [0.2, 0.25) is 0 Å². The molecule has 2 heterocycles. The summed E-state index contributed by atoms with van der Waals surface area (Å²) in [5.74, 6) is 0.142. The highest BCUT2D eigenvalue weighted by molar-refractivity contribution is 8.26. The van der Waals surface area contributed by atoms with Gasteiger partial charge in [-0.05, 0) is 49.8 Å². The second-order valence-corrected chi connectivity index (χ2v) is 8.85. The molecular weight excluding hydrogens is 388 g/mol. The largest absolute Gasteiger partial charge is 0.343 e. The van der Waals surface area contributed by atoms with Gasteiger partial charge in [-0.1, -0.05) is 60.4 Å². The molecule has 2 fully saturated rings. The van der Waals surface area contributed by atoms with Crippen LogP contribution in [0.15, 0.2) is 46.9 Å². The molecule has 0 aromatic heterocycles. The summed E-state index contributed by atoms with van der Waals surface area (Å²) in [5, 5.41) is 0. The first-order chi connectivity index (χ1) is 13.5. The normalized spacial score (nSPS) is 19.6. The van der Waals surface area contributed by atoms with Crippen molar-refractivity contribution in [2.75, 3.05) is 19.6 Å². The average Bonchev–Trinajstić information content (AvgIpc) is 2.96. The fourth-order valence-corrected chi connectivity index (χ4v) is 4.80. The molecule has 0 unspecified atom stereocenters. The fraction of sp³-hybridized carbons (Fsp3) is 0.409. The number of nitrogens with zero attached hydrogens (tertiary/aromatic N) is 2. The highest BCUT2D eigenvalue weighted by atomic mass is 32.2. The maximum Gasteiger partial charge on any atom is 0.266 e. The number of rotatable bonds is 6. The molecule has 2 saturated heterocycles. The molecule has 1 aromatic rings. The van der Waals surface area contributed by atoms with E-state index in [0.29, 0.717) is 28.6 Å². The van der Waals surface area contributed by atoms with Crippen LogP contribution in [-0.4, -0.2) is 45.6 Å². The molecule has 0 spiro atoms. The van der Waals surface area contributed by atoms with Crippen LogP contribution in [-0.2, 0) is 9.59 Å². The lowest BCUT2D eigenvalue weighted by atomic mass is 10.1. The van der Waals surface area contributed by atoms with E-state index in [1.54, 1.807) is 4.90 Å². The number of amides is 2. The summed E-state index contributed by atoms with van der Waals surface area (Å²) in [7, 11) is 0. The smallest absolute Gasteiger partial charge is 0.266 e. The third-order valence-corrected chi connectivity index (χ3v) is 6.29. The predicted octanol–water partition coefficient (Wildman–Crippen LogP) is 4.63. The molecular formula is C22H26N2O2S2. The van der Waals surface area contributed by atoms with Crippen LogP contribution in [0.1, 0.15) is 44.6 Å². The molecule has 2 amide bonds. The van der Waals surface area contributed by atoms with Gasteiger partial charge < -0.3 is 4.90 Å². The van der Waals surface area contributed by atoms with Crippen LogP contribution in [0.4, 0.5) is 0 Å². The second kappa shape index (κ2) is 10.0. The Morgan fingerprint density at radius 2 is 1.89 bits per heavy atom. The number of hydrogen-bond donors (Lipinski definition) is 0. The van der Waals surface area contributed by atoms with Gasteiger partial charge in [-0.15, -0.1) is 0 Å². The fourth-order valence-electron chi connectivity index (χ4n) is 3.44. The summed E-state index contributed by atoms with van der Waals surface area (Å²) >= 11 is 6.73. The van der Waals surface area contributed by atoms with Gasteiger partial charge in [0.1, 0.15) is 4.32 Å². The van der Waals surface area contributed by atoms with Crippen LogP contribution >= 0.6 is 24.0 Å². The third kappa shape index (κ3) is 5.55. The second-order valence-electron chi connectivity index (χ2n) is 7.18. The van der Waals surface area contributed by atoms with E-state index in [9.17, 15) is 9.59 Å². The van der Waals surface area contributed by atoms with Gasteiger partial charge in [0.15, 0.2) is 0 Å². The standard InChI is InChI=1S/C22H26N2O2S2/c1-17(15-18-9-4-2-5-10-18)16-19-21(26)24(22(27)28-19)14-8-11-20(25)23-12-6-3-7-13-23/h2,4-5,9-10,15-16H,3,6-8,11-14H2,1H3/b17-15+,19-16-. The van der Waals surface area contributed by atoms with Crippen molar-refractivity contribution in [3.8, 4) is 0 Å². The van der Waals surface area contributed by atoms with Gasteiger partial charge in [0.05, 0.1) is 4.91 Å². The van der Waals surface area contributed by atoms with Gasteiger partial charge in [0, 0.05) is 26.1 Å². The number of hydrogen-bond acceptors (Lipinski definition) is 4. The monoisotopic (exact) mass is 414 g/mol. The molecule has 28 heavy (non-hydrogen) atoms. The Morgan fingerprint density at radius 1 is 1.18 bits per heavy atom. The zero-order valence-corrected chi connectivity index (χ0v) is 17.9. The van der Waals surface area contributed by atoms with Crippen molar-refractivity contribution in [1.82, 2.24) is 9.80 Å². The summed E-state index contributed by atoms with van der Waals surface area (Å²) in [5.41, 5.74) is 2.11. The number of carbonyl (C=O) groups excluding carboxylic acids is 2. The third-order valence-electron chi connectivity index (χ3n) is 4.91. The summed E-state index contributed by atoms with van der Waals surface area (Å²) in [6, 6.07) is 10.0. The first kappa shape index (κ1) is 20.8. The first-order valence-corrected chi connectivity index (χ1v) is 11.0. The zero-order chi connectivity index (χ0) is 19.9. The number of likely N-dealkylation sites (tertiary alicyclic amines) is 1. The molecule has 2 aliphatic heterocycles. The number of carbonyl (C=O) groups is 2. The van der Waals surface area contributed by atoms with Crippen LogP contribution < -0.4 is 0 Å². The number of benzene rings is 1. The first-order valence-electron chi connectivity index (χ1n) is 9.81. The van der Waals surface area contributed by atoms with Crippen molar-refractivity contribution in [1.29, 1.82) is 0 Å². The Balaban J connectivity index is 1.54. The van der Waals surface area contributed by atoms with Crippen molar-refractivity contribution in [2.45, 2.75) is 39.0 Å². The lowest BCUT2D eigenvalue weighted by Crippen LogP contribution is -2.36. The van der Waals surface area contributed by atoms with Crippen LogP contribution in [0.25, 0.3) is 6.08 Å². The summed E-state index contributed by atoms with van der Waals surface area (Å²) in [6.45, 7) is 4.23. The van der Waals surface area contributed by atoms with Gasteiger partial charge in [-0.3, -0.25) is 14.5 Å². The van der Waals surface area contributed by atoms with E-state index < -0.39 is 0 Å². The summed E-state index contributed by atoms with van der Waals surface area (Å²) in [4.78, 5) is 29.2. The predicted molar refractivity (Wildman–Crippen MR) is 120 cm³/mol. The van der Waals surface area contributed by atoms with Gasteiger partial charge >= 0.3 is 0 Å². The van der Waals surface area contributed by atoms with E-state index in [4.69, 9.17) is 12.2 Å². The highest BCUT2D eigenvalue weighted by Gasteiger charge is 2.31. The molecule has 0 atom stereocenters. The van der Waals surface area contributed by atoms with Crippen LogP contribution in [0.3, 0.4) is 0 Å². The van der Waals surface area contributed by atoms with E-state index >= 15 is 0 Å². The Labute approximate surface area is 176 Å². The van der Waals surface area contributed by atoms with Crippen molar-refractivity contribution >= 4 is 46.2 Å². The molecule has 4 nitrogen and oxygen atoms in total. The molecule has 0 saturated carbocycles. The summed E-state index contributed by atoms with van der Waals surface area (Å²) < 4.78 is 0.578. The molecule has 148 valence electrons. The number of piperidine rings is 1. The molecule has 1 aromatic carbocycles. The van der Waals surface area contributed by atoms with Gasteiger partial charge in [0.25, 0.3) is 5.91 Å². The summed E-state index contributed by atoms with van der Waals surface area (Å²) in [6.07, 6.45) is 8.47. The van der Waals surface area contributed by atoms with Gasteiger partial charge in [-0.2, -0.15) is 0 Å². The lowest BCUT2D eigenvalue weighted by molar-refractivity contribution is -0.132. The maximum atomic E-state index is 12.7. The molecule has 0 N–H and O–H groups in total. The number of thioether (sulfide) groups is 1. The Morgan fingerprint density at radius 3 is 2.61 bits per heavy atom. The SMILES string of the molecule is CC(/C=C1\SC(=S)N(CCCC(=O)N2CCCCC2)C1=O)=C\c1ccccc1. The topological polar surface area (TPSA) is 40.6 Å². The van der Waals surface area contributed by atoms with Gasteiger partial charge in [0.2, 0.25) is 5.91 Å². The quantitative estimate of drug-likeness (QED) is 0.503. The highest BCUT2D eigenvalue weighted by Crippen LogP contribution is 2.32. The Bertz CT molecular complexity index is 796. The van der Waals surface area contributed by atoms with Crippen molar-refractivity contribution in [3.05, 3.63) is 52.4 Å². The van der Waals surface area contributed by atoms with Crippen LogP contribution in [0, 0.1) is 0 Å². The number of allylic oxidation sites excluding steroid dienone is 2. The maximum absolute atomic E-state index is 12.7. The molecule has 6 heteroatoms. The van der Waals surface area contributed by atoms with Crippen LogP contribution in [0.5, 0.6) is 0 Å². The minimum absolute atomic E-state index is 0.0544. The van der Waals surface area contributed by atoms with Crippen molar-refractivity contribution < 1.29 is 9.59 Å². The zero-order valence-electron chi connectivity index (χ0n) is 16.2. The Hall–Kier alpha value is -1.92. The van der Waals surface area contributed by atoms with Crippen molar-refractivity contribution in [2.24, 2.45) is 0 Å².